The molecule has 3 aromatic rings. The number of amides is 4. The number of carbonyl (C=O) groups excluding carboxylic acids is 4. The number of rotatable bonds is 8. The van der Waals surface area contributed by atoms with Crippen molar-refractivity contribution in [2.24, 2.45) is 0 Å². The number of aliphatic carboxylic acids is 1. The first-order valence-corrected chi connectivity index (χ1v) is 13.8. The van der Waals surface area contributed by atoms with Crippen LogP contribution in [0.1, 0.15) is 42.7 Å². The molecule has 2 aliphatic heterocycles. The van der Waals surface area contributed by atoms with Gasteiger partial charge in [-0.2, -0.15) is 0 Å². The van der Waals surface area contributed by atoms with Gasteiger partial charge in [0.05, 0.1) is 5.69 Å². The molecule has 42 heavy (non-hydrogen) atoms. The van der Waals surface area contributed by atoms with E-state index in [1.54, 1.807) is 68.4 Å². The van der Waals surface area contributed by atoms with Gasteiger partial charge in [0.2, 0.25) is 17.7 Å². The molecule has 1 unspecified atom stereocenters. The molecule has 5 N–H and O–H groups in total. The van der Waals surface area contributed by atoms with Crippen LogP contribution in [0.5, 0.6) is 0 Å². The zero-order valence-corrected chi connectivity index (χ0v) is 23.6. The van der Waals surface area contributed by atoms with Crippen molar-refractivity contribution in [1.29, 1.82) is 0 Å². The number of carbonyl (C=O) groups is 5. The molecule has 0 aliphatic carbocycles. The fourth-order valence-corrected chi connectivity index (χ4v) is 6.76. The van der Waals surface area contributed by atoms with E-state index in [1.807, 2.05) is 0 Å². The van der Waals surface area contributed by atoms with Gasteiger partial charge in [0, 0.05) is 23.6 Å². The fourth-order valence-electron chi connectivity index (χ4n) is 5.14. The summed E-state index contributed by atoms with van der Waals surface area (Å²) in [4.78, 5) is 76.7. The van der Waals surface area contributed by atoms with E-state index in [0.717, 1.165) is 0 Å². The summed E-state index contributed by atoms with van der Waals surface area (Å²) in [5.74, 6) is -3.38. The summed E-state index contributed by atoms with van der Waals surface area (Å²) in [6.07, 6.45) is 1.29. The second-order valence-electron chi connectivity index (χ2n) is 10.5. The van der Waals surface area contributed by atoms with Crippen LogP contribution in [0.2, 0.25) is 0 Å². The molecule has 2 aliphatic rings. The van der Waals surface area contributed by atoms with E-state index in [0.29, 0.717) is 16.9 Å². The Morgan fingerprint density at radius 2 is 1.69 bits per heavy atom. The Balaban J connectivity index is 1.34. The second-order valence-corrected chi connectivity index (χ2v) is 12.3. The Bertz CT molecular complexity index is 1630. The Hall–Kier alpha value is -4.85. The average Bonchev–Trinajstić information content (AvgIpc) is 3.45. The van der Waals surface area contributed by atoms with Gasteiger partial charge in [-0.05, 0) is 43.7 Å². The number of aromatic nitrogens is 2. The number of hydrogen-bond donors (Lipinski definition) is 5. The summed E-state index contributed by atoms with van der Waals surface area (Å²) < 4.78 is 0.572. The van der Waals surface area contributed by atoms with Crippen LogP contribution < -0.4 is 21.5 Å². The zero-order valence-electron chi connectivity index (χ0n) is 22.8. The van der Waals surface area contributed by atoms with Gasteiger partial charge in [-0.15, -0.1) is 11.8 Å². The molecule has 5 rings (SSSR count). The molecular weight excluding hydrogens is 564 g/mol. The first-order valence-electron chi connectivity index (χ1n) is 13.0. The first kappa shape index (κ1) is 28.7. The number of β-lactam (4-membered cyclic amide) rings is 1. The van der Waals surface area contributed by atoms with Crippen molar-refractivity contribution in [3.8, 4) is 5.69 Å². The normalized spacial score (nSPS) is 21.1. The lowest BCUT2D eigenvalue weighted by Crippen LogP contribution is -2.71. The standard InChI is InChI=1S/C28H28N6O7S/c1-14(35)29-16-9-11-17(12-10-16)33-13-18(23(37)32-33)22(36)30-19(15-7-5-4-6-8-15)24(38)31-20-25(39)34-21(27(40)41)28(2,3)42-26(20)34/h4-13,19-21,26H,1-3H3,(H,29,35)(H,30,36)(H,31,38)(H,32,37)(H,40,41)/t19?,20-,21+,26-/m1/s1. The highest BCUT2D eigenvalue weighted by atomic mass is 32.2. The molecule has 1 aromatic heterocycles. The number of H-pyrrole nitrogens is 1. The lowest BCUT2D eigenvalue weighted by atomic mass is 9.95. The van der Waals surface area contributed by atoms with E-state index in [-0.39, 0.29) is 11.5 Å². The van der Waals surface area contributed by atoms with Gasteiger partial charge in [0.15, 0.2) is 0 Å². The number of fused-ring (bicyclic) bond motifs is 1. The quantitative estimate of drug-likeness (QED) is 0.242. The van der Waals surface area contributed by atoms with Crippen molar-refractivity contribution >= 4 is 47.0 Å². The number of nitrogens with zero attached hydrogens (tertiary/aromatic N) is 2. The summed E-state index contributed by atoms with van der Waals surface area (Å²) >= 11 is 1.29. The van der Waals surface area contributed by atoms with Crippen molar-refractivity contribution in [3.63, 3.8) is 0 Å². The number of anilines is 1. The third-order valence-corrected chi connectivity index (χ3v) is 8.65. The molecule has 14 heteroatoms. The zero-order chi connectivity index (χ0) is 30.3. The Labute approximate surface area is 243 Å². The molecule has 2 fully saturated rings. The monoisotopic (exact) mass is 592 g/mol. The van der Waals surface area contributed by atoms with E-state index in [9.17, 15) is 33.9 Å². The van der Waals surface area contributed by atoms with Gasteiger partial charge in [-0.1, -0.05) is 30.3 Å². The number of carboxylic acids is 1. The van der Waals surface area contributed by atoms with Crippen LogP contribution in [-0.2, 0) is 19.2 Å². The van der Waals surface area contributed by atoms with Gasteiger partial charge in [-0.25, -0.2) is 4.79 Å². The molecule has 0 spiro atoms. The topological polar surface area (TPSA) is 183 Å². The van der Waals surface area contributed by atoms with Crippen LogP contribution in [0.4, 0.5) is 5.69 Å². The number of hydrogen-bond acceptors (Lipinski definition) is 7. The highest BCUT2D eigenvalue weighted by Gasteiger charge is 2.64. The fraction of sp³-hybridized carbons (Fsp3) is 0.286. The Morgan fingerprint density at radius 3 is 2.31 bits per heavy atom. The molecule has 2 aromatic carbocycles. The largest absolute Gasteiger partial charge is 0.480 e. The van der Waals surface area contributed by atoms with Crippen molar-refractivity contribution in [3.05, 3.63) is 82.3 Å². The van der Waals surface area contributed by atoms with Crippen molar-refractivity contribution in [2.45, 2.75) is 49.0 Å². The molecule has 218 valence electrons. The smallest absolute Gasteiger partial charge is 0.327 e. The van der Waals surface area contributed by atoms with Gasteiger partial charge in [-0.3, -0.25) is 33.8 Å². The number of thioether (sulfide) groups is 1. The molecule has 13 nitrogen and oxygen atoms in total. The SMILES string of the molecule is CC(=O)Nc1ccc(-n2cc(C(=O)NC(C(=O)N[C@@H]3C(=O)N4[C@@H]3SC(C)(C)[C@@H]4C(=O)O)c3ccccc3)c(=O)[nH]2)cc1. The van der Waals surface area contributed by atoms with Crippen LogP contribution in [0.25, 0.3) is 5.69 Å². The van der Waals surface area contributed by atoms with Crippen LogP contribution in [0.15, 0.2) is 65.6 Å². The maximum Gasteiger partial charge on any atom is 0.327 e. The number of carboxylic acid groups (broad SMARTS) is 1. The predicted molar refractivity (Wildman–Crippen MR) is 153 cm³/mol. The third-order valence-electron chi connectivity index (χ3n) is 7.08. The maximum absolute atomic E-state index is 13.5. The summed E-state index contributed by atoms with van der Waals surface area (Å²) in [7, 11) is 0. The van der Waals surface area contributed by atoms with E-state index in [1.165, 1.54) is 34.5 Å². The molecule has 4 amide bonds. The Morgan fingerprint density at radius 1 is 1.02 bits per heavy atom. The molecule has 3 heterocycles. The maximum atomic E-state index is 13.5. The number of nitrogens with one attached hydrogen (secondary N) is 4. The molecular formula is C28H28N6O7S. The minimum Gasteiger partial charge on any atom is -0.480 e. The summed E-state index contributed by atoms with van der Waals surface area (Å²) in [6.45, 7) is 4.84. The molecule has 2 saturated heterocycles. The summed E-state index contributed by atoms with van der Waals surface area (Å²) in [6, 6.07) is 11.6. The van der Waals surface area contributed by atoms with Crippen LogP contribution in [-0.4, -0.2) is 71.6 Å². The van der Waals surface area contributed by atoms with Crippen molar-refractivity contribution in [1.82, 2.24) is 25.3 Å². The first-order chi connectivity index (χ1) is 19.9. The van der Waals surface area contributed by atoms with Crippen LogP contribution in [0, 0.1) is 0 Å². The molecule has 0 radical (unpaired) electrons. The number of aromatic amines is 1. The lowest BCUT2D eigenvalue weighted by molar-refractivity contribution is -0.161. The van der Waals surface area contributed by atoms with Crippen molar-refractivity contribution in [2.75, 3.05) is 5.32 Å². The number of benzene rings is 2. The van der Waals surface area contributed by atoms with E-state index < -0.39 is 57.5 Å². The van der Waals surface area contributed by atoms with Gasteiger partial charge in [0.1, 0.15) is 29.1 Å². The highest BCUT2D eigenvalue weighted by Crippen LogP contribution is 2.50. The lowest BCUT2D eigenvalue weighted by Gasteiger charge is -2.44. The van der Waals surface area contributed by atoms with E-state index in [2.05, 4.69) is 21.0 Å². The van der Waals surface area contributed by atoms with Gasteiger partial charge < -0.3 is 26.0 Å². The minimum atomic E-state index is -1.25. The molecule has 0 bridgehead atoms. The van der Waals surface area contributed by atoms with Crippen molar-refractivity contribution < 1.29 is 29.1 Å². The van der Waals surface area contributed by atoms with E-state index >= 15 is 0 Å². The average molecular weight is 593 g/mol. The molecule has 0 saturated carbocycles. The second kappa shape index (κ2) is 10.9. The van der Waals surface area contributed by atoms with E-state index in [4.69, 9.17) is 0 Å². The minimum absolute atomic E-state index is 0.234. The van der Waals surface area contributed by atoms with Gasteiger partial charge in [0.25, 0.3) is 11.5 Å². The van der Waals surface area contributed by atoms with Gasteiger partial charge >= 0.3 is 5.97 Å². The Kier molecular flexibility index (Phi) is 7.41. The third kappa shape index (κ3) is 5.28. The summed E-state index contributed by atoms with van der Waals surface area (Å²) in [5, 5.41) is 19.6. The highest BCUT2D eigenvalue weighted by molar-refractivity contribution is 8.01. The molecule has 4 atom stereocenters. The summed E-state index contributed by atoms with van der Waals surface area (Å²) in [5.41, 5.74) is 0.542. The van der Waals surface area contributed by atoms with Crippen LogP contribution >= 0.6 is 11.8 Å². The van der Waals surface area contributed by atoms with Crippen LogP contribution in [0.3, 0.4) is 0 Å². The predicted octanol–water partition coefficient (Wildman–Crippen LogP) is 1.23.